The van der Waals surface area contributed by atoms with Crippen LogP contribution in [0.4, 0.5) is 10.6 Å². The monoisotopic (exact) mass is 461 g/mol. The Balaban J connectivity index is 0.000000374. The van der Waals surface area contributed by atoms with Gasteiger partial charge in [-0.05, 0) is 64.0 Å². The molecule has 3 N–H and O–H groups in total. The first-order valence-corrected chi connectivity index (χ1v) is 12.2. The number of rotatable bonds is 5. The van der Waals surface area contributed by atoms with Gasteiger partial charge >= 0.3 is 6.09 Å². The molecule has 0 spiro atoms. The molecule has 1 atom stereocenters. The third-order valence-electron chi connectivity index (χ3n) is 6.12. The Bertz CT molecular complexity index is 742. The summed E-state index contributed by atoms with van der Waals surface area (Å²) in [4.78, 5) is 30.8. The highest BCUT2D eigenvalue weighted by atomic mass is 16.6. The molecule has 0 aliphatic carbocycles. The largest absolute Gasteiger partial charge is 0.492 e. The second-order valence-corrected chi connectivity index (χ2v) is 9.33. The normalized spacial score (nSPS) is 21.3. The molecule has 3 saturated heterocycles. The second-order valence-electron chi connectivity index (χ2n) is 9.33. The number of nitrogens with one attached hydrogen (secondary N) is 1. The van der Waals surface area contributed by atoms with Crippen molar-refractivity contribution in [1.29, 1.82) is 0 Å². The lowest BCUT2D eigenvalue weighted by molar-refractivity contribution is -0.122. The topological polar surface area (TPSA) is 110 Å². The Morgan fingerprint density at radius 2 is 2.00 bits per heavy atom. The molecule has 9 heteroatoms. The smallest absolute Gasteiger partial charge is 0.410 e. The van der Waals surface area contributed by atoms with Crippen LogP contribution in [0.25, 0.3) is 0 Å². The summed E-state index contributed by atoms with van der Waals surface area (Å²) in [5.41, 5.74) is 5.95. The summed E-state index contributed by atoms with van der Waals surface area (Å²) in [6.45, 7) is 8.57. The zero-order chi connectivity index (χ0) is 23.6. The van der Waals surface area contributed by atoms with Crippen LogP contribution in [0.1, 0.15) is 52.4 Å². The number of aromatic nitrogens is 1. The van der Waals surface area contributed by atoms with Crippen LogP contribution in [0.3, 0.4) is 0 Å². The molecule has 0 aromatic carbocycles. The summed E-state index contributed by atoms with van der Waals surface area (Å²) in [5.74, 6) is 2.42. The van der Waals surface area contributed by atoms with Gasteiger partial charge in [0.25, 0.3) is 0 Å². The average molecular weight is 462 g/mol. The number of anilines is 1. The molecule has 0 bridgehead atoms. The van der Waals surface area contributed by atoms with Crippen molar-refractivity contribution >= 4 is 17.8 Å². The van der Waals surface area contributed by atoms with Crippen molar-refractivity contribution < 1.29 is 19.1 Å². The van der Waals surface area contributed by atoms with Crippen molar-refractivity contribution in [3.8, 4) is 5.75 Å². The van der Waals surface area contributed by atoms with Gasteiger partial charge in [0.05, 0.1) is 18.9 Å². The first-order valence-electron chi connectivity index (χ1n) is 12.2. The summed E-state index contributed by atoms with van der Waals surface area (Å²) in [7, 11) is 0. The molecule has 4 rings (SSSR count). The third-order valence-corrected chi connectivity index (χ3v) is 6.12. The number of likely N-dealkylation sites (tertiary alicyclic amines) is 1. The summed E-state index contributed by atoms with van der Waals surface area (Å²) in [6, 6.07) is 4.22. The number of nitrogens with zero attached hydrogens (tertiary/aromatic N) is 3. The molecule has 1 unspecified atom stereocenters. The van der Waals surface area contributed by atoms with Gasteiger partial charge in [-0.3, -0.25) is 4.79 Å². The van der Waals surface area contributed by atoms with Crippen molar-refractivity contribution in [3.05, 3.63) is 18.3 Å². The number of hydrogen-bond donors (Lipinski definition) is 2. The van der Waals surface area contributed by atoms with Crippen molar-refractivity contribution in [2.24, 2.45) is 11.7 Å². The van der Waals surface area contributed by atoms with Crippen molar-refractivity contribution in [2.45, 2.75) is 64.5 Å². The molecule has 1 aromatic heterocycles. The molecule has 9 nitrogen and oxygen atoms in total. The van der Waals surface area contributed by atoms with E-state index in [2.05, 4.69) is 15.2 Å². The summed E-state index contributed by atoms with van der Waals surface area (Å²) in [6.07, 6.45) is 7.36. The summed E-state index contributed by atoms with van der Waals surface area (Å²) >= 11 is 0. The first kappa shape index (κ1) is 25.1. The van der Waals surface area contributed by atoms with Gasteiger partial charge in [-0.15, -0.1) is 0 Å². The van der Waals surface area contributed by atoms with Crippen LogP contribution in [-0.4, -0.2) is 73.4 Å². The number of carbonyl (C=O) groups excluding carboxylic acids is 2. The van der Waals surface area contributed by atoms with Crippen LogP contribution < -0.4 is 20.7 Å². The molecule has 0 saturated carbocycles. The van der Waals surface area contributed by atoms with E-state index in [9.17, 15) is 9.59 Å². The molecule has 0 radical (unpaired) electrons. The Morgan fingerprint density at radius 1 is 1.21 bits per heavy atom. The number of amides is 2. The lowest BCUT2D eigenvalue weighted by atomic mass is 9.98. The molecule has 33 heavy (non-hydrogen) atoms. The van der Waals surface area contributed by atoms with Crippen molar-refractivity contribution in [2.75, 3.05) is 44.2 Å². The number of hydrogen-bond acceptors (Lipinski definition) is 7. The predicted octanol–water partition coefficient (Wildman–Crippen LogP) is 2.54. The maximum atomic E-state index is 11.9. The van der Waals surface area contributed by atoms with E-state index >= 15 is 0 Å². The van der Waals surface area contributed by atoms with Crippen LogP contribution in [-0.2, 0) is 9.53 Å². The average Bonchev–Trinajstić information content (AvgIpc) is 3.25. The number of carbonyl (C=O) groups is 2. The Morgan fingerprint density at radius 3 is 2.52 bits per heavy atom. The molecule has 1 aromatic rings. The minimum absolute atomic E-state index is 0.0738. The standard InChI is InChI=1S/C19H30N4O3.C5H9NO/c1-14(2)26-19(24)22-8-5-15(6-9-22)13-25-17-3-4-18(21-11-17)23-10-7-16(20)12-23;7-5-3-1-2-4-6-5/h3-4,11,14-16H,5-10,12-13,20H2,1-2H3;1-4H2,(H,6,7). The van der Waals surface area contributed by atoms with E-state index in [0.29, 0.717) is 12.5 Å². The van der Waals surface area contributed by atoms with Gasteiger partial charge in [-0.2, -0.15) is 0 Å². The fourth-order valence-electron chi connectivity index (χ4n) is 4.14. The quantitative estimate of drug-likeness (QED) is 0.693. The number of piperidine rings is 2. The van der Waals surface area contributed by atoms with E-state index in [1.807, 2.05) is 26.0 Å². The fraction of sp³-hybridized carbons (Fsp3) is 0.708. The maximum absolute atomic E-state index is 11.9. The SMILES string of the molecule is CC(C)OC(=O)N1CCC(COc2ccc(N3CCC(N)C3)nc2)CC1.O=C1CCCCN1. The zero-order valence-corrected chi connectivity index (χ0v) is 20.0. The lowest BCUT2D eigenvalue weighted by Crippen LogP contribution is -2.40. The van der Waals surface area contributed by atoms with Gasteiger partial charge in [-0.1, -0.05) is 0 Å². The number of nitrogens with two attached hydrogens (primary N) is 1. The Hall–Kier alpha value is -2.55. The minimum atomic E-state index is -0.208. The molecule has 4 heterocycles. The Labute approximate surface area is 197 Å². The molecule has 3 fully saturated rings. The molecule has 3 aliphatic heterocycles. The second kappa shape index (κ2) is 12.6. The lowest BCUT2D eigenvalue weighted by Gasteiger charge is -2.31. The summed E-state index contributed by atoms with van der Waals surface area (Å²) < 4.78 is 11.2. The van der Waals surface area contributed by atoms with Gasteiger partial charge in [0.2, 0.25) is 5.91 Å². The summed E-state index contributed by atoms with van der Waals surface area (Å²) in [5, 5.41) is 2.74. The van der Waals surface area contributed by atoms with Gasteiger partial charge < -0.3 is 30.3 Å². The molecular formula is C24H39N5O4. The van der Waals surface area contributed by atoms with E-state index < -0.39 is 0 Å². The maximum Gasteiger partial charge on any atom is 0.410 e. The Kier molecular flexibility index (Phi) is 9.60. The molecular weight excluding hydrogens is 422 g/mol. The molecule has 184 valence electrons. The first-order chi connectivity index (χ1) is 15.9. The van der Waals surface area contributed by atoms with Crippen molar-refractivity contribution in [1.82, 2.24) is 15.2 Å². The minimum Gasteiger partial charge on any atom is -0.492 e. The van der Waals surface area contributed by atoms with Crippen LogP contribution >= 0.6 is 0 Å². The predicted molar refractivity (Wildman–Crippen MR) is 127 cm³/mol. The number of pyridine rings is 1. The highest BCUT2D eigenvalue weighted by Gasteiger charge is 2.25. The van der Waals surface area contributed by atoms with Gasteiger partial charge in [-0.25, -0.2) is 9.78 Å². The van der Waals surface area contributed by atoms with Gasteiger partial charge in [0, 0.05) is 45.2 Å². The van der Waals surface area contributed by atoms with E-state index in [-0.39, 0.29) is 24.1 Å². The highest BCUT2D eigenvalue weighted by molar-refractivity contribution is 5.76. The van der Waals surface area contributed by atoms with Crippen LogP contribution in [0, 0.1) is 5.92 Å². The van der Waals surface area contributed by atoms with Crippen molar-refractivity contribution in [3.63, 3.8) is 0 Å². The molecule has 2 amide bonds. The van der Waals surface area contributed by atoms with Crippen LogP contribution in [0.5, 0.6) is 5.75 Å². The van der Waals surface area contributed by atoms with Crippen LogP contribution in [0.2, 0.25) is 0 Å². The van der Waals surface area contributed by atoms with Crippen LogP contribution in [0.15, 0.2) is 18.3 Å². The molecule has 3 aliphatic rings. The zero-order valence-electron chi connectivity index (χ0n) is 20.0. The highest BCUT2D eigenvalue weighted by Crippen LogP contribution is 2.22. The fourth-order valence-corrected chi connectivity index (χ4v) is 4.14. The van der Waals surface area contributed by atoms with E-state index in [1.165, 1.54) is 0 Å². The van der Waals surface area contributed by atoms with E-state index in [4.69, 9.17) is 15.2 Å². The number of ether oxygens (including phenoxy) is 2. The van der Waals surface area contributed by atoms with Gasteiger partial charge in [0.15, 0.2) is 0 Å². The van der Waals surface area contributed by atoms with E-state index in [1.54, 1.807) is 11.1 Å². The van der Waals surface area contributed by atoms with Gasteiger partial charge in [0.1, 0.15) is 11.6 Å². The van der Waals surface area contributed by atoms with E-state index in [0.717, 1.165) is 82.8 Å². The third kappa shape index (κ3) is 8.38.